The molecule has 0 spiro atoms. The Hall–Kier alpha value is -3.44. The molecule has 0 aromatic carbocycles. The maximum atomic E-state index is 12.2. The van der Waals surface area contributed by atoms with Crippen molar-refractivity contribution in [3.63, 3.8) is 0 Å². The van der Waals surface area contributed by atoms with Crippen molar-refractivity contribution >= 4 is 35.9 Å². The third kappa shape index (κ3) is 10.0. The standard InChI is InChI=1S/C20H31N5O7/c1-12(26)25-11-14(27)22-13(15(25)28)9-8-10-21-16(23-17(29)31-19(2,3)4)24-18(30)32-20(5,6)7/h9H,8,10-11H2,1-7H3,(H,22,27)(H2,21,23,24,29,30)/b13-9-. The molecule has 1 aliphatic heterocycles. The third-order valence-corrected chi connectivity index (χ3v) is 3.42. The van der Waals surface area contributed by atoms with Crippen LogP contribution in [-0.4, -0.2) is 65.1 Å². The summed E-state index contributed by atoms with van der Waals surface area (Å²) in [7, 11) is 0. The highest BCUT2D eigenvalue weighted by atomic mass is 16.6. The normalized spacial score (nSPS) is 15.6. The number of imide groups is 1. The fraction of sp³-hybridized carbons (Fsp3) is 0.600. The summed E-state index contributed by atoms with van der Waals surface area (Å²) in [6.07, 6.45) is -0.116. The Kier molecular flexibility index (Phi) is 8.92. The van der Waals surface area contributed by atoms with Crippen LogP contribution in [0.15, 0.2) is 16.8 Å². The van der Waals surface area contributed by atoms with Crippen LogP contribution in [0, 0.1) is 0 Å². The lowest BCUT2D eigenvalue weighted by Crippen LogP contribution is -2.51. The second-order valence-electron chi connectivity index (χ2n) is 8.85. The maximum Gasteiger partial charge on any atom is 0.414 e. The summed E-state index contributed by atoms with van der Waals surface area (Å²) < 4.78 is 10.3. The molecule has 1 saturated heterocycles. The summed E-state index contributed by atoms with van der Waals surface area (Å²) in [6.45, 7) is 10.9. The maximum absolute atomic E-state index is 12.2. The number of nitrogens with one attached hydrogen (secondary N) is 3. The van der Waals surface area contributed by atoms with Gasteiger partial charge in [-0.15, -0.1) is 0 Å². The molecule has 0 atom stereocenters. The first-order chi connectivity index (χ1) is 14.6. The molecule has 5 amide bonds. The first kappa shape index (κ1) is 26.6. The number of piperazine rings is 1. The highest BCUT2D eigenvalue weighted by Crippen LogP contribution is 2.09. The molecule has 1 aliphatic rings. The predicted octanol–water partition coefficient (Wildman–Crippen LogP) is 1.17. The summed E-state index contributed by atoms with van der Waals surface area (Å²) in [5.74, 6) is -1.87. The van der Waals surface area contributed by atoms with Gasteiger partial charge in [0.2, 0.25) is 17.8 Å². The van der Waals surface area contributed by atoms with Crippen LogP contribution >= 0.6 is 0 Å². The predicted molar refractivity (Wildman–Crippen MR) is 114 cm³/mol. The monoisotopic (exact) mass is 453 g/mol. The molecule has 32 heavy (non-hydrogen) atoms. The summed E-state index contributed by atoms with van der Waals surface area (Å²) in [5, 5.41) is 7.07. The average molecular weight is 453 g/mol. The SMILES string of the molecule is CC(=O)N1CC(=O)N/C(=C\CCN=C(NC(=O)OC(C)(C)C)NC(=O)OC(C)(C)C)C1=O. The molecule has 12 heteroatoms. The van der Waals surface area contributed by atoms with Crippen molar-refractivity contribution in [2.45, 2.75) is 66.1 Å². The Morgan fingerprint density at radius 3 is 1.97 bits per heavy atom. The molecule has 1 rings (SSSR count). The van der Waals surface area contributed by atoms with Gasteiger partial charge >= 0.3 is 12.2 Å². The number of aliphatic imine (C=N–C) groups is 1. The van der Waals surface area contributed by atoms with Crippen LogP contribution in [-0.2, 0) is 23.9 Å². The van der Waals surface area contributed by atoms with Gasteiger partial charge in [-0.2, -0.15) is 0 Å². The number of alkyl carbamates (subject to hydrolysis) is 2. The molecule has 12 nitrogen and oxygen atoms in total. The van der Waals surface area contributed by atoms with Crippen LogP contribution in [0.2, 0.25) is 0 Å². The van der Waals surface area contributed by atoms with Crippen molar-refractivity contribution < 1.29 is 33.4 Å². The second kappa shape index (κ2) is 10.7. The van der Waals surface area contributed by atoms with E-state index in [1.54, 1.807) is 41.5 Å². The zero-order valence-electron chi connectivity index (χ0n) is 19.5. The minimum absolute atomic E-state index is 0.0215. The highest BCUT2D eigenvalue weighted by Gasteiger charge is 2.30. The molecule has 0 radical (unpaired) electrons. The highest BCUT2D eigenvalue weighted by molar-refractivity contribution is 6.10. The molecule has 178 valence electrons. The van der Waals surface area contributed by atoms with E-state index >= 15 is 0 Å². The number of ether oxygens (including phenoxy) is 2. The van der Waals surface area contributed by atoms with Gasteiger partial charge in [0.1, 0.15) is 23.4 Å². The zero-order chi connectivity index (χ0) is 24.7. The van der Waals surface area contributed by atoms with E-state index in [1.165, 1.54) is 13.0 Å². The van der Waals surface area contributed by atoms with Crippen LogP contribution in [0.1, 0.15) is 54.9 Å². The van der Waals surface area contributed by atoms with E-state index in [0.29, 0.717) is 0 Å². The van der Waals surface area contributed by atoms with Crippen molar-refractivity contribution in [3.05, 3.63) is 11.8 Å². The fourth-order valence-corrected chi connectivity index (χ4v) is 2.29. The quantitative estimate of drug-likeness (QED) is 0.251. The number of nitrogens with zero attached hydrogens (tertiary/aromatic N) is 2. The van der Waals surface area contributed by atoms with E-state index < -0.39 is 41.1 Å². The Morgan fingerprint density at radius 2 is 1.53 bits per heavy atom. The summed E-state index contributed by atoms with van der Waals surface area (Å²) in [5.41, 5.74) is -1.59. The van der Waals surface area contributed by atoms with Crippen LogP contribution < -0.4 is 16.0 Å². The summed E-state index contributed by atoms with van der Waals surface area (Å²) >= 11 is 0. The number of amides is 5. The molecule has 1 heterocycles. The minimum Gasteiger partial charge on any atom is -0.444 e. The minimum atomic E-state index is -0.836. The molecular formula is C20H31N5O7. The smallest absolute Gasteiger partial charge is 0.414 e. The summed E-state index contributed by atoms with van der Waals surface area (Å²) in [4.78, 5) is 64.4. The molecule has 0 aromatic rings. The van der Waals surface area contributed by atoms with E-state index in [0.717, 1.165) is 4.90 Å². The second-order valence-corrected chi connectivity index (χ2v) is 8.85. The van der Waals surface area contributed by atoms with Gasteiger partial charge in [0, 0.05) is 13.5 Å². The van der Waals surface area contributed by atoms with Crippen LogP contribution in [0.25, 0.3) is 0 Å². The molecule has 1 fully saturated rings. The molecule has 3 N–H and O–H groups in total. The van der Waals surface area contributed by atoms with Gasteiger partial charge < -0.3 is 14.8 Å². The van der Waals surface area contributed by atoms with Gasteiger partial charge in [0.05, 0.1) is 0 Å². The van der Waals surface area contributed by atoms with Crippen LogP contribution in [0.5, 0.6) is 0 Å². The lowest BCUT2D eigenvalue weighted by Gasteiger charge is -2.25. The Labute approximate surface area is 186 Å². The molecule has 0 aromatic heterocycles. The van der Waals surface area contributed by atoms with Crippen molar-refractivity contribution in [2.24, 2.45) is 4.99 Å². The average Bonchev–Trinajstić information content (AvgIpc) is 2.57. The Balaban J connectivity index is 2.88. The van der Waals surface area contributed by atoms with Gasteiger partial charge in [-0.25, -0.2) is 9.59 Å². The third-order valence-electron chi connectivity index (χ3n) is 3.42. The largest absolute Gasteiger partial charge is 0.444 e. The molecule has 0 saturated carbocycles. The lowest BCUT2D eigenvalue weighted by molar-refractivity contribution is -0.147. The van der Waals surface area contributed by atoms with E-state index in [-0.39, 0.29) is 31.2 Å². The number of carbonyl (C=O) groups excluding carboxylic acids is 5. The number of hydrogen-bond donors (Lipinski definition) is 3. The Bertz CT molecular complexity index is 802. The molecule has 0 bridgehead atoms. The van der Waals surface area contributed by atoms with Crippen molar-refractivity contribution in [2.75, 3.05) is 13.1 Å². The van der Waals surface area contributed by atoms with Crippen molar-refractivity contribution in [1.82, 2.24) is 20.9 Å². The van der Waals surface area contributed by atoms with Crippen molar-refractivity contribution in [1.29, 1.82) is 0 Å². The number of hydrogen-bond acceptors (Lipinski definition) is 8. The summed E-state index contributed by atoms with van der Waals surface area (Å²) in [6, 6.07) is 0. The topological polar surface area (TPSA) is 156 Å². The van der Waals surface area contributed by atoms with Gasteiger partial charge in [0.25, 0.3) is 5.91 Å². The first-order valence-electron chi connectivity index (χ1n) is 9.94. The van der Waals surface area contributed by atoms with E-state index in [1.807, 2.05) is 0 Å². The van der Waals surface area contributed by atoms with E-state index in [9.17, 15) is 24.0 Å². The van der Waals surface area contributed by atoms with Gasteiger partial charge in [-0.3, -0.25) is 34.9 Å². The number of guanidine groups is 1. The van der Waals surface area contributed by atoms with E-state index in [2.05, 4.69) is 20.9 Å². The Morgan fingerprint density at radius 1 is 1.03 bits per heavy atom. The first-order valence-corrected chi connectivity index (χ1v) is 9.94. The van der Waals surface area contributed by atoms with Gasteiger partial charge in [0.15, 0.2) is 0 Å². The zero-order valence-corrected chi connectivity index (χ0v) is 19.5. The van der Waals surface area contributed by atoms with Crippen LogP contribution in [0.3, 0.4) is 0 Å². The van der Waals surface area contributed by atoms with E-state index in [4.69, 9.17) is 9.47 Å². The molecule has 0 aliphatic carbocycles. The van der Waals surface area contributed by atoms with Gasteiger partial charge in [-0.05, 0) is 48.0 Å². The number of rotatable bonds is 3. The van der Waals surface area contributed by atoms with Gasteiger partial charge in [-0.1, -0.05) is 6.08 Å². The fourth-order valence-electron chi connectivity index (χ4n) is 2.29. The molecular weight excluding hydrogens is 422 g/mol. The lowest BCUT2D eigenvalue weighted by atomic mass is 10.2. The van der Waals surface area contributed by atoms with Crippen molar-refractivity contribution in [3.8, 4) is 0 Å². The molecule has 0 unspecified atom stereocenters. The van der Waals surface area contributed by atoms with Crippen LogP contribution in [0.4, 0.5) is 9.59 Å². The number of carbonyl (C=O) groups is 5.